The number of hydrogen-bond acceptors (Lipinski definition) is 5. The fourth-order valence-electron chi connectivity index (χ4n) is 2.65. The number of carbonyl (C=O) groups excluding carboxylic acids is 1. The van der Waals surface area contributed by atoms with Crippen molar-refractivity contribution in [2.24, 2.45) is 0 Å². The molecule has 0 saturated heterocycles. The number of phenols is 1. The molecule has 1 N–H and O–H groups in total. The third kappa shape index (κ3) is 7.03. The van der Waals surface area contributed by atoms with Crippen LogP contribution in [-0.2, 0) is 16.0 Å². The van der Waals surface area contributed by atoms with Crippen LogP contribution >= 0.6 is 0 Å². The van der Waals surface area contributed by atoms with Crippen molar-refractivity contribution < 1.29 is 24.1 Å². The maximum absolute atomic E-state index is 11.3. The zero-order valence-corrected chi connectivity index (χ0v) is 17.2. The van der Waals surface area contributed by atoms with E-state index in [-0.39, 0.29) is 5.75 Å². The van der Waals surface area contributed by atoms with Crippen LogP contribution in [0, 0.1) is 0 Å². The van der Waals surface area contributed by atoms with Crippen LogP contribution < -0.4 is 9.47 Å². The second kappa shape index (κ2) is 11.6. The van der Waals surface area contributed by atoms with Gasteiger partial charge in [0.05, 0.1) is 20.8 Å². The van der Waals surface area contributed by atoms with E-state index in [1.54, 1.807) is 12.1 Å². The molecule has 5 heteroatoms. The molecule has 0 spiro atoms. The fourth-order valence-corrected chi connectivity index (χ4v) is 2.65. The normalized spacial score (nSPS) is 11.1. The van der Waals surface area contributed by atoms with Crippen molar-refractivity contribution in [3.63, 3.8) is 0 Å². The van der Waals surface area contributed by atoms with Crippen LogP contribution in [0.1, 0.15) is 36.5 Å². The summed E-state index contributed by atoms with van der Waals surface area (Å²) in [6.45, 7) is 2.75. The smallest absolute Gasteiger partial charge is 0.330 e. The van der Waals surface area contributed by atoms with Gasteiger partial charge in [-0.25, -0.2) is 4.79 Å². The highest BCUT2D eigenvalue weighted by molar-refractivity contribution is 5.87. The molecule has 0 aliphatic heterocycles. The Morgan fingerprint density at radius 3 is 2.62 bits per heavy atom. The molecule has 29 heavy (non-hydrogen) atoms. The second-order valence-electron chi connectivity index (χ2n) is 6.47. The quantitative estimate of drug-likeness (QED) is 0.347. The van der Waals surface area contributed by atoms with Gasteiger partial charge >= 0.3 is 5.97 Å². The van der Waals surface area contributed by atoms with Crippen molar-refractivity contribution in [3.05, 3.63) is 65.2 Å². The summed E-state index contributed by atoms with van der Waals surface area (Å²) in [4.78, 5) is 11.3. The van der Waals surface area contributed by atoms with Crippen LogP contribution in [0.4, 0.5) is 0 Å². The molecule has 154 valence electrons. The summed E-state index contributed by atoms with van der Waals surface area (Å²) in [6, 6.07) is 11.1. The van der Waals surface area contributed by atoms with Gasteiger partial charge in [0.2, 0.25) is 0 Å². The number of allylic oxidation sites excluding steroid dienone is 1. The molecular formula is C24H28O5. The standard InChI is InChI=1S/C24H28O5/c1-4-5-15-29-22-16-19(11-14-24(26)28-3)9-12-20(22)8-6-7-18-10-13-21(25)23(17-18)27-2/h6,8-14,16-17,25H,4-5,7,15H2,1-3H3/b8-6+,14-11+. The topological polar surface area (TPSA) is 65.0 Å². The first-order chi connectivity index (χ1) is 14.1. The molecule has 0 bridgehead atoms. The van der Waals surface area contributed by atoms with Gasteiger partial charge in [0.15, 0.2) is 11.5 Å². The van der Waals surface area contributed by atoms with E-state index >= 15 is 0 Å². The summed E-state index contributed by atoms with van der Waals surface area (Å²) in [6.07, 6.45) is 9.85. The molecule has 2 aromatic rings. The number of benzene rings is 2. The van der Waals surface area contributed by atoms with Gasteiger partial charge in [0.25, 0.3) is 0 Å². The molecule has 0 unspecified atom stereocenters. The minimum Gasteiger partial charge on any atom is -0.504 e. The molecule has 0 radical (unpaired) electrons. The number of aromatic hydroxyl groups is 1. The average Bonchev–Trinajstić information content (AvgIpc) is 2.74. The first-order valence-electron chi connectivity index (χ1n) is 9.62. The van der Waals surface area contributed by atoms with Gasteiger partial charge in [0.1, 0.15) is 5.75 Å². The fraction of sp³-hybridized carbons (Fsp3) is 0.292. The number of esters is 1. The lowest BCUT2D eigenvalue weighted by Crippen LogP contribution is -1.99. The Bertz CT molecular complexity index is 868. The van der Waals surface area contributed by atoms with E-state index in [0.29, 0.717) is 18.8 Å². The van der Waals surface area contributed by atoms with E-state index in [2.05, 4.69) is 11.7 Å². The van der Waals surface area contributed by atoms with Gasteiger partial charge in [-0.15, -0.1) is 0 Å². The van der Waals surface area contributed by atoms with Gasteiger partial charge in [-0.05, 0) is 48.2 Å². The third-order valence-corrected chi connectivity index (χ3v) is 4.30. The summed E-state index contributed by atoms with van der Waals surface area (Å²) >= 11 is 0. The molecule has 0 amide bonds. The molecule has 0 aromatic heterocycles. The summed E-state index contributed by atoms with van der Waals surface area (Å²) in [5.74, 6) is 0.959. The van der Waals surface area contributed by atoms with Gasteiger partial charge in [-0.3, -0.25) is 0 Å². The second-order valence-corrected chi connectivity index (χ2v) is 6.47. The first kappa shape index (κ1) is 22.1. The zero-order chi connectivity index (χ0) is 21.1. The van der Waals surface area contributed by atoms with Crippen LogP contribution in [0.3, 0.4) is 0 Å². The number of carbonyl (C=O) groups is 1. The highest BCUT2D eigenvalue weighted by Gasteiger charge is 2.04. The van der Waals surface area contributed by atoms with Crippen LogP contribution in [0.5, 0.6) is 17.2 Å². The molecule has 0 aliphatic rings. The number of phenolic OH excluding ortho intramolecular Hbond substituents is 1. The lowest BCUT2D eigenvalue weighted by molar-refractivity contribution is -0.134. The monoisotopic (exact) mass is 396 g/mol. The molecule has 2 rings (SSSR count). The molecule has 2 aromatic carbocycles. The molecule has 5 nitrogen and oxygen atoms in total. The van der Waals surface area contributed by atoms with Gasteiger partial charge < -0.3 is 19.3 Å². The molecule has 0 fully saturated rings. The molecule has 0 aliphatic carbocycles. The molecule has 0 atom stereocenters. The maximum Gasteiger partial charge on any atom is 0.330 e. The van der Waals surface area contributed by atoms with Crippen molar-refractivity contribution in [1.82, 2.24) is 0 Å². The number of hydrogen-bond donors (Lipinski definition) is 1. The number of rotatable bonds is 10. The van der Waals surface area contributed by atoms with E-state index < -0.39 is 5.97 Å². The van der Waals surface area contributed by atoms with Crippen molar-refractivity contribution in [3.8, 4) is 17.2 Å². The Morgan fingerprint density at radius 1 is 1.07 bits per heavy atom. The SMILES string of the molecule is CCCCOc1cc(/C=C/C(=O)OC)ccc1/C=C/Cc1ccc(O)c(OC)c1. The largest absolute Gasteiger partial charge is 0.504 e. The molecular weight excluding hydrogens is 368 g/mol. The van der Waals surface area contributed by atoms with E-state index in [1.165, 1.54) is 20.3 Å². The van der Waals surface area contributed by atoms with Crippen LogP contribution in [0.2, 0.25) is 0 Å². The zero-order valence-electron chi connectivity index (χ0n) is 17.2. The lowest BCUT2D eigenvalue weighted by atomic mass is 10.1. The Hall–Kier alpha value is -3.21. The Kier molecular flexibility index (Phi) is 8.83. The van der Waals surface area contributed by atoms with Gasteiger partial charge in [-0.1, -0.05) is 43.7 Å². The van der Waals surface area contributed by atoms with Crippen LogP contribution in [0.25, 0.3) is 12.2 Å². The summed E-state index contributed by atoms with van der Waals surface area (Å²) in [7, 11) is 2.88. The summed E-state index contributed by atoms with van der Waals surface area (Å²) in [5, 5.41) is 9.70. The van der Waals surface area contributed by atoms with Gasteiger partial charge in [-0.2, -0.15) is 0 Å². The van der Waals surface area contributed by atoms with E-state index in [4.69, 9.17) is 9.47 Å². The Labute approximate surface area is 172 Å². The van der Waals surface area contributed by atoms with Crippen molar-refractivity contribution in [2.45, 2.75) is 26.2 Å². The predicted molar refractivity (Wildman–Crippen MR) is 115 cm³/mol. The predicted octanol–water partition coefficient (Wildman–Crippen LogP) is 5.02. The minimum atomic E-state index is -0.397. The minimum absolute atomic E-state index is 0.127. The highest BCUT2D eigenvalue weighted by atomic mass is 16.5. The van der Waals surface area contributed by atoms with Crippen molar-refractivity contribution in [1.29, 1.82) is 0 Å². The van der Waals surface area contributed by atoms with Crippen LogP contribution in [-0.4, -0.2) is 31.9 Å². The average molecular weight is 396 g/mol. The first-order valence-corrected chi connectivity index (χ1v) is 9.62. The lowest BCUT2D eigenvalue weighted by Gasteiger charge is -2.10. The third-order valence-electron chi connectivity index (χ3n) is 4.30. The Morgan fingerprint density at radius 2 is 1.90 bits per heavy atom. The highest BCUT2D eigenvalue weighted by Crippen LogP contribution is 2.27. The van der Waals surface area contributed by atoms with Crippen molar-refractivity contribution in [2.75, 3.05) is 20.8 Å². The summed E-state index contributed by atoms with van der Waals surface area (Å²) < 4.78 is 15.7. The van der Waals surface area contributed by atoms with Gasteiger partial charge in [0, 0.05) is 11.6 Å². The molecule has 0 saturated carbocycles. The Balaban J connectivity index is 2.17. The summed E-state index contributed by atoms with van der Waals surface area (Å²) in [5.41, 5.74) is 2.85. The van der Waals surface area contributed by atoms with Crippen molar-refractivity contribution >= 4 is 18.1 Å². The van der Waals surface area contributed by atoms with Crippen LogP contribution in [0.15, 0.2) is 48.6 Å². The van der Waals surface area contributed by atoms with E-state index in [9.17, 15) is 9.90 Å². The number of unbranched alkanes of at least 4 members (excludes halogenated alkanes) is 1. The number of ether oxygens (including phenoxy) is 3. The maximum atomic E-state index is 11.3. The van der Waals surface area contributed by atoms with E-state index in [0.717, 1.165) is 35.3 Å². The molecule has 0 heterocycles. The number of methoxy groups -OCH3 is 2. The van der Waals surface area contributed by atoms with E-state index in [1.807, 2.05) is 42.5 Å².